The number of carbonyl (C=O) groups is 2. The molecule has 2 aliphatic rings. The maximum atomic E-state index is 14.0. The Labute approximate surface area is 134 Å². The third-order valence-electron chi connectivity index (χ3n) is 4.32. The molecule has 2 fully saturated rings. The van der Waals surface area contributed by atoms with Crippen LogP contribution in [0.5, 0.6) is 5.75 Å². The number of rotatable bonds is 5. The van der Waals surface area contributed by atoms with Gasteiger partial charge in [0.05, 0.1) is 12.6 Å². The maximum absolute atomic E-state index is 14.0. The quantitative estimate of drug-likeness (QED) is 0.907. The zero-order valence-corrected chi connectivity index (χ0v) is 13.0. The lowest BCUT2D eigenvalue weighted by atomic mass is 9.96. The van der Waals surface area contributed by atoms with Gasteiger partial charge in [-0.2, -0.15) is 0 Å². The molecule has 124 valence electrons. The number of anilines is 1. The molecular weight excluding hydrogens is 299 g/mol. The molecule has 0 atom stereocenters. The molecule has 5 nitrogen and oxygen atoms in total. The topological polar surface area (TPSA) is 58.6 Å². The van der Waals surface area contributed by atoms with E-state index in [4.69, 9.17) is 4.74 Å². The predicted octanol–water partition coefficient (Wildman–Crippen LogP) is 2.71. The maximum Gasteiger partial charge on any atom is 0.243 e. The van der Waals surface area contributed by atoms with Crippen molar-refractivity contribution in [3.8, 4) is 5.75 Å². The van der Waals surface area contributed by atoms with Gasteiger partial charge in [-0.3, -0.25) is 9.59 Å². The molecule has 1 heterocycles. The van der Waals surface area contributed by atoms with E-state index in [1.54, 1.807) is 11.0 Å². The summed E-state index contributed by atoms with van der Waals surface area (Å²) < 4.78 is 19.5. The minimum atomic E-state index is -0.483. The number of benzene rings is 1. The fourth-order valence-electron chi connectivity index (χ4n) is 2.75. The van der Waals surface area contributed by atoms with Crippen molar-refractivity contribution in [2.45, 2.75) is 44.6 Å². The lowest BCUT2D eigenvalue weighted by Gasteiger charge is -2.27. The molecule has 2 amide bonds. The second-order valence-electron chi connectivity index (χ2n) is 6.14. The standard InChI is InChI=1S/C17H21FN2O3/c18-14-10-12(7-8-15(14)23-13-4-3-5-13)19-16(21)11-20-9-2-1-6-17(20)22/h7-8,10,13H,1-6,9,11H2,(H,19,21). The average Bonchev–Trinajstić information content (AvgIpc) is 2.47. The first-order chi connectivity index (χ1) is 11.1. The Morgan fingerprint density at radius 3 is 2.78 bits per heavy atom. The lowest BCUT2D eigenvalue weighted by Crippen LogP contribution is -2.40. The van der Waals surface area contributed by atoms with E-state index in [0.717, 1.165) is 32.1 Å². The third-order valence-corrected chi connectivity index (χ3v) is 4.32. The number of amides is 2. The summed E-state index contributed by atoms with van der Waals surface area (Å²) in [4.78, 5) is 25.2. The van der Waals surface area contributed by atoms with Gasteiger partial charge in [0, 0.05) is 24.7 Å². The molecule has 1 N–H and O–H groups in total. The van der Waals surface area contributed by atoms with Crippen molar-refractivity contribution in [3.63, 3.8) is 0 Å². The lowest BCUT2D eigenvalue weighted by molar-refractivity contribution is -0.136. The average molecular weight is 320 g/mol. The van der Waals surface area contributed by atoms with E-state index in [2.05, 4.69) is 5.32 Å². The van der Waals surface area contributed by atoms with Crippen LogP contribution in [-0.4, -0.2) is 35.9 Å². The van der Waals surface area contributed by atoms with Crippen molar-refractivity contribution >= 4 is 17.5 Å². The molecule has 0 unspecified atom stereocenters. The summed E-state index contributed by atoms with van der Waals surface area (Å²) in [5.74, 6) is -0.572. The van der Waals surface area contributed by atoms with Crippen LogP contribution in [0, 0.1) is 5.82 Å². The first-order valence-corrected chi connectivity index (χ1v) is 8.15. The molecule has 0 bridgehead atoms. The largest absolute Gasteiger partial charge is 0.487 e. The highest BCUT2D eigenvalue weighted by Gasteiger charge is 2.22. The molecule has 1 saturated carbocycles. The van der Waals surface area contributed by atoms with Crippen molar-refractivity contribution in [1.29, 1.82) is 0 Å². The van der Waals surface area contributed by atoms with Gasteiger partial charge in [-0.05, 0) is 44.2 Å². The second-order valence-corrected chi connectivity index (χ2v) is 6.14. The van der Waals surface area contributed by atoms with Gasteiger partial charge in [0.25, 0.3) is 0 Å². The molecule has 6 heteroatoms. The molecule has 0 aromatic heterocycles. The Kier molecular flexibility index (Phi) is 4.79. The Morgan fingerprint density at radius 2 is 2.13 bits per heavy atom. The highest BCUT2D eigenvalue weighted by molar-refractivity contribution is 5.94. The number of nitrogens with one attached hydrogen (secondary N) is 1. The van der Waals surface area contributed by atoms with Crippen LogP contribution in [0.3, 0.4) is 0 Å². The number of halogens is 1. The number of ether oxygens (including phenoxy) is 1. The third kappa shape index (κ3) is 4.00. The number of carbonyl (C=O) groups excluding carboxylic acids is 2. The highest BCUT2D eigenvalue weighted by Crippen LogP contribution is 2.28. The SMILES string of the molecule is O=C(CN1CCCCC1=O)Nc1ccc(OC2CCC2)c(F)c1. The molecule has 1 aromatic rings. The molecule has 1 aliphatic heterocycles. The molecule has 1 aliphatic carbocycles. The summed E-state index contributed by atoms with van der Waals surface area (Å²) in [6, 6.07) is 4.41. The van der Waals surface area contributed by atoms with E-state index in [0.29, 0.717) is 18.7 Å². The van der Waals surface area contributed by atoms with Crippen molar-refractivity contribution in [2.75, 3.05) is 18.4 Å². The first kappa shape index (κ1) is 15.8. The van der Waals surface area contributed by atoms with Crippen LogP contribution in [-0.2, 0) is 9.59 Å². The summed E-state index contributed by atoms with van der Waals surface area (Å²) in [6.45, 7) is 0.621. The van der Waals surface area contributed by atoms with Crippen LogP contribution in [0.1, 0.15) is 38.5 Å². The van der Waals surface area contributed by atoms with Gasteiger partial charge in [-0.25, -0.2) is 4.39 Å². The fourth-order valence-corrected chi connectivity index (χ4v) is 2.75. The predicted molar refractivity (Wildman–Crippen MR) is 83.7 cm³/mol. The van der Waals surface area contributed by atoms with Gasteiger partial charge < -0.3 is 15.0 Å². The molecular formula is C17H21FN2O3. The van der Waals surface area contributed by atoms with E-state index in [-0.39, 0.29) is 30.2 Å². The zero-order chi connectivity index (χ0) is 16.2. The van der Waals surface area contributed by atoms with Crippen molar-refractivity contribution in [1.82, 2.24) is 4.90 Å². The summed E-state index contributed by atoms with van der Waals surface area (Å²) in [6.07, 6.45) is 5.44. The van der Waals surface area contributed by atoms with Gasteiger partial charge in [0.2, 0.25) is 11.8 Å². The van der Waals surface area contributed by atoms with Crippen LogP contribution in [0.15, 0.2) is 18.2 Å². The van der Waals surface area contributed by atoms with Crippen LogP contribution in [0.4, 0.5) is 10.1 Å². The van der Waals surface area contributed by atoms with E-state index in [1.807, 2.05) is 0 Å². The molecule has 0 spiro atoms. The number of nitrogens with zero attached hydrogens (tertiary/aromatic N) is 1. The van der Waals surface area contributed by atoms with Gasteiger partial charge >= 0.3 is 0 Å². The monoisotopic (exact) mass is 320 g/mol. The van der Waals surface area contributed by atoms with Crippen molar-refractivity contribution < 1.29 is 18.7 Å². The summed E-state index contributed by atoms with van der Waals surface area (Å²) in [5, 5.41) is 2.63. The Hall–Kier alpha value is -2.11. The fraction of sp³-hybridized carbons (Fsp3) is 0.529. The molecule has 1 aromatic carbocycles. The summed E-state index contributed by atoms with van der Waals surface area (Å²) in [5.41, 5.74) is 0.373. The van der Waals surface area contributed by atoms with Crippen molar-refractivity contribution in [3.05, 3.63) is 24.0 Å². The number of hydrogen-bond donors (Lipinski definition) is 1. The van der Waals surface area contributed by atoms with E-state index < -0.39 is 5.82 Å². The number of likely N-dealkylation sites (tertiary alicyclic amines) is 1. The molecule has 1 saturated heterocycles. The zero-order valence-electron chi connectivity index (χ0n) is 13.0. The van der Waals surface area contributed by atoms with Crippen LogP contribution >= 0.6 is 0 Å². The van der Waals surface area contributed by atoms with Gasteiger partial charge in [0.15, 0.2) is 11.6 Å². The first-order valence-electron chi connectivity index (χ1n) is 8.15. The van der Waals surface area contributed by atoms with Gasteiger partial charge in [-0.15, -0.1) is 0 Å². The smallest absolute Gasteiger partial charge is 0.243 e. The van der Waals surface area contributed by atoms with E-state index in [9.17, 15) is 14.0 Å². The normalized spacial score (nSPS) is 18.5. The van der Waals surface area contributed by atoms with E-state index >= 15 is 0 Å². The second kappa shape index (κ2) is 6.98. The van der Waals surface area contributed by atoms with Gasteiger partial charge in [0.1, 0.15) is 0 Å². The summed E-state index contributed by atoms with van der Waals surface area (Å²) in [7, 11) is 0. The van der Waals surface area contributed by atoms with Gasteiger partial charge in [-0.1, -0.05) is 0 Å². The Balaban J connectivity index is 1.55. The summed E-state index contributed by atoms with van der Waals surface area (Å²) >= 11 is 0. The Morgan fingerprint density at radius 1 is 1.30 bits per heavy atom. The molecule has 3 rings (SSSR count). The van der Waals surface area contributed by atoms with Crippen LogP contribution in [0.25, 0.3) is 0 Å². The minimum absolute atomic E-state index is 0.00169. The van der Waals surface area contributed by atoms with Crippen LogP contribution < -0.4 is 10.1 Å². The van der Waals surface area contributed by atoms with E-state index in [1.165, 1.54) is 12.1 Å². The number of piperidine rings is 1. The van der Waals surface area contributed by atoms with Crippen molar-refractivity contribution in [2.24, 2.45) is 0 Å². The number of hydrogen-bond acceptors (Lipinski definition) is 3. The highest BCUT2D eigenvalue weighted by atomic mass is 19.1. The van der Waals surface area contributed by atoms with Crippen LogP contribution in [0.2, 0.25) is 0 Å². The minimum Gasteiger partial charge on any atom is -0.487 e. The molecule has 23 heavy (non-hydrogen) atoms. The molecule has 0 radical (unpaired) electrons. The Bertz CT molecular complexity index is 602.